The van der Waals surface area contributed by atoms with Crippen LogP contribution in [0.4, 0.5) is 0 Å². The van der Waals surface area contributed by atoms with Gasteiger partial charge in [-0.1, -0.05) is 17.7 Å². The van der Waals surface area contributed by atoms with E-state index >= 15 is 0 Å². The summed E-state index contributed by atoms with van der Waals surface area (Å²) in [5, 5.41) is 0.514. The van der Waals surface area contributed by atoms with Crippen molar-refractivity contribution in [2.75, 3.05) is 19.6 Å². The molecule has 0 spiro atoms. The van der Waals surface area contributed by atoms with E-state index in [2.05, 4.69) is 23.8 Å². The van der Waals surface area contributed by atoms with Crippen LogP contribution in [0.3, 0.4) is 0 Å². The number of nitrogens with zero attached hydrogens (tertiary/aromatic N) is 3. The van der Waals surface area contributed by atoms with Crippen LogP contribution >= 0.6 is 35.6 Å². The van der Waals surface area contributed by atoms with Gasteiger partial charge in [0, 0.05) is 25.8 Å². The van der Waals surface area contributed by atoms with Crippen molar-refractivity contribution in [2.24, 2.45) is 10.7 Å². The fraction of sp³-hybridized carbons (Fsp3) is 0.500. The van der Waals surface area contributed by atoms with Crippen LogP contribution in [-0.2, 0) is 6.42 Å². The molecule has 102 valence electrons. The molecule has 0 aromatic carbocycles. The van der Waals surface area contributed by atoms with E-state index < -0.39 is 0 Å². The van der Waals surface area contributed by atoms with Gasteiger partial charge in [0.2, 0.25) is 0 Å². The lowest BCUT2D eigenvalue weighted by molar-refractivity contribution is 0.458. The highest BCUT2D eigenvalue weighted by Crippen LogP contribution is 2.05. The van der Waals surface area contributed by atoms with E-state index in [4.69, 9.17) is 17.3 Å². The number of aliphatic imine (C=N–C) groups is 1. The second kappa shape index (κ2) is 9.38. The van der Waals surface area contributed by atoms with Crippen molar-refractivity contribution in [3.05, 3.63) is 29.0 Å². The van der Waals surface area contributed by atoms with Crippen LogP contribution in [0, 0.1) is 0 Å². The molecule has 0 radical (unpaired) electrons. The van der Waals surface area contributed by atoms with E-state index in [0.717, 1.165) is 25.1 Å². The molecular formula is C12H20ClIN4. The lowest BCUT2D eigenvalue weighted by Gasteiger charge is -2.19. The average Bonchev–Trinajstić information content (AvgIpc) is 2.33. The lowest BCUT2D eigenvalue weighted by atomic mass is 10.2. The van der Waals surface area contributed by atoms with Gasteiger partial charge in [-0.2, -0.15) is 0 Å². The second-order valence-corrected chi connectivity index (χ2v) is 4.04. The molecule has 0 saturated heterocycles. The van der Waals surface area contributed by atoms with Crippen molar-refractivity contribution >= 4 is 41.5 Å². The monoisotopic (exact) mass is 382 g/mol. The number of guanidine groups is 1. The highest BCUT2D eigenvalue weighted by Gasteiger charge is 2.01. The van der Waals surface area contributed by atoms with Crippen LogP contribution in [0.15, 0.2) is 23.3 Å². The summed E-state index contributed by atoms with van der Waals surface area (Å²) in [4.78, 5) is 10.4. The van der Waals surface area contributed by atoms with Crippen molar-refractivity contribution in [3.63, 3.8) is 0 Å². The largest absolute Gasteiger partial charge is 0.370 e. The van der Waals surface area contributed by atoms with Gasteiger partial charge in [0.05, 0.1) is 0 Å². The van der Waals surface area contributed by atoms with Gasteiger partial charge in [-0.25, -0.2) is 4.98 Å². The highest BCUT2D eigenvalue weighted by atomic mass is 127. The predicted molar refractivity (Wildman–Crippen MR) is 87.8 cm³/mol. The maximum atomic E-state index is 5.87. The average molecular weight is 383 g/mol. The molecular weight excluding hydrogens is 363 g/mol. The maximum Gasteiger partial charge on any atom is 0.191 e. The summed E-state index contributed by atoms with van der Waals surface area (Å²) in [5.41, 5.74) is 6.98. The van der Waals surface area contributed by atoms with E-state index in [1.165, 1.54) is 0 Å². The summed E-state index contributed by atoms with van der Waals surface area (Å²) in [7, 11) is 0. The van der Waals surface area contributed by atoms with Gasteiger partial charge in [-0.3, -0.25) is 4.99 Å². The smallest absolute Gasteiger partial charge is 0.191 e. The first kappa shape index (κ1) is 17.4. The molecule has 0 saturated carbocycles. The van der Waals surface area contributed by atoms with E-state index in [0.29, 0.717) is 17.7 Å². The third-order valence-corrected chi connectivity index (χ3v) is 2.77. The number of rotatable bonds is 5. The minimum absolute atomic E-state index is 0. The maximum absolute atomic E-state index is 5.87. The molecule has 1 aromatic rings. The molecule has 0 aliphatic carbocycles. The van der Waals surface area contributed by atoms with Crippen molar-refractivity contribution in [2.45, 2.75) is 20.3 Å². The molecule has 6 heteroatoms. The number of hydrogen-bond donors (Lipinski definition) is 1. The molecule has 0 fully saturated rings. The number of nitrogens with two attached hydrogens (primary N) is 1. The van der Waals surface area contributed by atoms with Crippen LogP contribution in [0.25, 0.3) is 0 Å². The molecule has 1 aromatic heterocycles. The Bertz CT molecular complexity index is 363. The Balaban J connectivity index is 0.00000289. The SMILES string of the molecule is CCN(CC)C(N)=NCCc1ccc(Cl)nc1.I. The van der Waals surface area contributed by atoms with E-state index in [9.17, 15) is 0 Å². The van der Waals surface area contributed by atoms with E-state index in [-0.39, 0.29) is 24.0 Å². The molecule has 0 atom stereocenters. The van der Waals surface area contributed by atoms with Crippen LogP contribution in [0.2, 0.25) is 5.15 Å². The fourth-order valence-corrected chi connectivity index (χ4v) is 1.61. The Morgan fingerprint density at radius 3 is 2.56 bits per heavy atom. The summed E-state index contributed by atoms with van der Waals surface area (Å²) in [6.45, 7) is 6.57. The van der Waals surface area contributed by atoms with E-state index in [1.807, 2.05) is 11.0 Å². The Morgan fingerprint density at radius 2 is 2.06 bits per heavy atom. The van der Waals surface area contributed by atoms with Gasteiger partial charge in [0.25, 0.3) is 0 Å². The summed E-state index contributed by atoms with van der Waals surface area (Å²) in [5.74, 6) is 0.608. The second-order valence-electron chi connectivity index (χ2n) is 3.65. The number of halogens is 2. The van der Waals surface area contributed by atoms with Crippen molar-refractivity contribution in [1.82, 2.24) is 9.88 Å². The summed E-state index contributed by atoms with van der Waals surface area (Å²) in [6.07, 6.45) is 2.59. The third-order valence-electron chi connectivity index (χ3n) is 2.55. The minimum atomic E-state index is 0. The molecule has 0 bridgehead atoms. The first-order valence-corrected chi connectivity index (χ1v) is 6.20. The van der Waals surface area contributed by atoms with Crippen LogP contribution in [0.1, 0.15) is 19.4 Å². The first-order valence-electron chi connectivity index (χ1n) is 5.82. The highest BCUT2D eigenvalue weighted by molar-refractivity contribution is 14.0. The van der Waals surface area contributed by atoms with Crippen molar-refractivity contribution in [3.8, 4) is 0 Å². The van der Waals surface area contributed by atoms with E-state index in [1.54, 1.807) is 12.3 Å². The lowest BCUT2D eigenvalue weighted by Crippen LogP contribution is -2.37. The molecule has 0 aliphatic heterocycles. The minimum Gasteiger partial charge on any atom is -0.370 e. The summed E-state index contributed by atoms with van der Waals surface area (Å²) >= 11 is 5.71. The Kier molecular flexibility index (Phi) is 9.09. The van der Waals surface area contributed by atoms with Gasteiger partial charge in [-0.15, -0.1) is 24.0 Å². The third kappa shape index (κ3) is 5.86. The fourth-order valence-electron chi connectivity index (χ4n) is 1.50. The van der Waals surface area contributed by atoms with Crippen molar-refractivity contribution < 1.29 is 0 Å². The molecule has 0 unspecified atom stereocenters. The van der Waals surface area contributed by atoms with Gasteiger partial charge in [-0.05, 0) is 31.9 Å². The first-order chi connectivity index (χ1) is 8.17. The Labute approximate surface area is 131 Å². The van der Waals surface area contributed by atoms with Gasteiger partial charge in [0.15, 0.2) is 5.96 Å². The molecule has 1 rings (SSSR count). The zero-order valence-corrected chi connectivity index (χ0v) is 13.9. The quantitative estimate of drug-likeness (QED) is 0.368. The molecule has 2 N–H and O–H groups in total. The predicted octanol–water partition coefficient (Wildman–Crippen LogP) is 2.55. The van der Waals surface area contributed by atoms with Crippen LogP contribution in [0.5, 0.6) is 0 Å². The molecule has 1 heterocycles. The van der Waals surface area contributed by atoms with Crippen LogP contribution < -0.4 is 5.73 Å². The van der Waals surface area contributed by atoms with Gasteiger partial charge in [0.1, 0.15) is 5.15 Å². The summed E-state index contributed by atoms with van der Waals surface area (Å²) in [6, 6.07) is 3.74. The summed E-state index contributed by atoms with van der Waals surface area (Å²) < 4.78 is 0. The topological polar surface area (TPSA) is 54.5 Å². The van der Waals surface area contributed by atoms with Gasteiger partial charge < -0.3 is 10.6 Å². The molecule has 18 heavy (non-hydrogen) atoms. The number of pyridine rings is 1. The zero-order chi connectivity index (χ0) is 12.7. The molecule has 0 aliphatic rings. The normalized spacial score (nSPS) is 10.9. The van der Waals surface area contributed by atoms with Crippen LogP contribution in [-0.4, -0.2) is 35.5 Å². The standard InChI is InChI=1S/C12H19ClN4.HI/c1-3-17(4-2)12(14)15-8-7-10-5-6-11(13)16-9-10;/h5-6,9H,3-4,7-8H2,1-2H3,(H2,14,15);1H. The Morgan fingerprint density at radius 1 is 1.39 bits per heavy atom. The molecule has 0 amide bonds. The number of hydrogen-bond acceptors (Lipinski definition) is 2. The Hall–Kier alpha value is -0.560. The number of aromatic nitrogens is 1. The molecule has 4 nitrogen and oxygen atoms in total. The zero-order valence-electron chi connectivity index (χ0n) is 10.8. The van der Waals surface area contributed by atoms with Crippen molar-refractivity contribution in [1.29, 1.82) is 0 Å². The van der Waals surface area contributed by atoms with Gasteiger partial charge >= 0.3 is 0 Å².